The van der Waals surface area contributed by atoms with Crippen LogP contribution in [0.25, 0.3) is 0 Å². The Hall–Kier alpha value is -3.00. The van der Waals surface area contributed by atoms with Crippen molar-refractivity contribution in [3.05, 3.63) is 57.8 Å². The van der Waals surface area contributed by atoms with E-state index in [0.717, 1.165) is 4.88 Å². The molecule has 0 radical (unpaired) electrons. The average molecular weight is 413 g/mol. The molecule has 8 heteroatoms. The minimum absolute atomic E-state index is 0.00622. The number of nitrogens with one attached hydrogen (secondary N) is 1. The topological polar surface area (TPSA) is 86.8 Å². The van der Waals surface area contributed by atoms with Crippen LogP contribution in [0.4, 0.5) is 0 Å². The van der Waals surface area contributed by atoms with Gasteiger partial charge in [0, 0.05) is 24.4 Å². The van der Waals surface area contributed by atoms with Gasteiger partial charge in [0.15, 0.2) is 0 Å². The number of fused-ring (bicyclic) bond motifs is 1. The fraction of sp³-hybridized carbons (Fsp3) is 0.333. The number of hydrogen-bond donors (Lipinski definition) is 1. The van der Waals surface area contributed by atoms with E-state index in [1.54, 1.807) is 35.6 Å². The van der Waals surface area contributed by atoms with Gasteiger partial charge in [0.05, 0.1) is 24.2 Å². The second-order valence-corrected chi connectivity index (χ2v) is 7.71. The van der Waals surface area contributed by atoms with Crippen molar-refractivity contribution in [2.75, 3.05) is 19.6 Å². The summed E-state index contributed by atoms with van der Waals surface area (Å²) in [7, 11) is 0. The molecule has 0 atom stereocenters. The quantitative estimate of drug-likeness (QED) is 0.639. The van der Waals surface area contributed by atoms with Gasteiger partial charge in [-0.3, -0.25) is 24.1 Å². The van der Waals surface area contributed by atoms with Gasteiger partial charge in [-0.05, 0) is 36.9 Å². The monoisotopic (exact) mass is 413 g/mol. The van der Waals surface area contributed by atoms with E-state index in [-0.39, 0.29) is 43.1 Å². The normalized spacial score (nSPS) is 12.8. The average Bonchev–Trinajstić information content (AvgIpc) is 3.33. The summed E-state index contributed by atoms with van der Waals surface area (Å²) in [5, 5.41) is 4.75. The van der Waals surface area contributed by atoms with E-state index in [2.05, 4.69) is 5.32 Å². The van der Waals surface area contributed by atoms with Crippen molar-refractivity contribution in [2.24, 2.45) is 0 Å². The molecule has 1 N–H and O–H groups in total. The molecular formula is C21H23N3O4S. The molecule has 152 valence electrons. The Bertz CT molecular complexity index is 875. The van der Waals surface area contributed by atoms with E-state index in [4.69, 9.17) is 0 Å². The molecule has 29 heavy (non-hydrogen) atoms. The summed E-state index contributed by atoms with van der Waals surface area (Å²) in [5.74, 6) is -1.03. The van der Waals surface area contributed by atoms with Gasteiger partial charge in [-0.25, -0.2) is 0 Å². The van der Waals surface area contributed by atoms with Gasteiger partial charge in [-0.1, -0.05) is 18.2 Å². The summed E-state index contributed by atoms with van der Waals surface area (Å²) in [5.41, 5.74) is 0.808. The Balaban J connectivity index is 1.45. The molecule has 1 aromatic heterocycles. The number of amides is 4. The zero-order chi connectivity index (χ0) is 20.8. The molecule has 0 saturated carbocycles. The lowest BCUT2D eigenvalue weighted by atomic mass is 10.1. The molecule has 1 aliphatic heterocycles. The number of likely N-dealkylation sites (N-methyl/N-ethyl adjacent to an activating group) is 1. The van der Waals surface area contributed by atoms with Crippen LogP contribution in [0.15, 0.2) is 41.8 Å². The predicted octanol–water partition coefficient (Wildman–Crippen LogP) is 2.29. The van der Waals surface area contributed by atoms with E-state index in [1.807, 2.05) is 24.4 Å². The Morgan fingerprint density at radius 3 is 2.34 bits per heavy atom. The third kappa shape index (κ3) is 4.89. The number of thiophene rings is 1. The van der Waals surface area contributed by atoms with E-state index < -0.39 is 0 Å². The fourth-order valence-electron chi connectivity index (χ4n) is 3.19. The van der Waals surface area contributed by atoms with Crippen molar-refractivity contribution in [1.29, 1.82) is 0 Å². The van der Waals surface area contributed by atoms with Crippen LogP contribution in [-0.4, -0.2) is 53.1 Å². The smallest absolute Gasteiger partial charge is 0.261 e. The summed E-state index contributed by atoms with van der Waals surface area (Å²) in [6.07, 6.45) is 0.525. The summed E-state index contributed by atoms with van der Waals surface area (Å²) in [4.78, 5) is 53.0. The van der Waals surface area contributed by atoms with Gasteiger partial charge in [0.25, 0.3) is 11.8 Å². The molecule has 0 saturated heterocycles. The number of hydrogen-bond acceptors (Lipinski definition) is 5. The first-order chi connectivity index (χ1) is 14.0. The lowest BCUT2D eigenvalue weighted by Gasteiger charge is -2.21. The number of imide groups is 1. The van der Waals surface area contributed by atoms with Gasteiger partial charge >= 0.3 is 0 Å². The van der Waals surface area contributed by atoms with Crippen LogP contribution >= 0.6 is 11.3 Å². The van der Waals surface area contributed by atoms with Gasteiger partial charge < -0.3 is 10.2 Å². The van der Waals surface area contributed by atoms with E-state index >= 15 is 0 Å². The van der Waals surface area contributed by atoms with E-state index in [9.17, 15) is 19.2 Å². The maximum absolute atomic E-state index is 12.5. The maximum atomic E-state index is 12.5. The molecule has 2 aromatic rings. The van der Waals surface area contributed by atoms with Crippen LogP contribution in [0.3, 0.4) is 0 Å². The molecule has 7 nitrogen and oxygen atoms in total. The Labute approximate surface area is 173 Å². The predicted molar refractivity (Wildman–Crippen MR) is 109 cm³/mol. The summed E-state index contributed by atoms with van der Waals surface area (Å²) < 4.78 is 0. The lowest BCUT2D eigenvalue weighted by Crippen LogP contribution is -2.40. The Morgan fingerprint density at radius 1 is 1.07 bits per heavy atom. The Kier molecular flexibility index (Phi) is 6.77. The Morgan fingerprint density at radius 2 is 1.76 bits per heavy atom. The molecule has 0 unspecified atom stereocenters. The molecule has 0 aliphatic carbocycles. The molecule has 0 spiro atoms. The number of carbonyl (C=O) groups excluding carboxylic acids is 4. The van der Waals surface area contributed by atoms with E-state index in [1.165, 1.54) is 9.80 Å². The third-order valence-electron chi connectivity index (χ3n) is 4.76. The standard InChI is InChI=1S/C21H23N3O4S/c1-2-23(14-18(25)22-13-15-7-6-12-29-15)19(26)10-5-11-24-20(27)16-8-3-4-9-17(16)21(24)28/h3-4,6-9,12H,2,5,10-11,13-14H2,1H3,(H,22,25). The molecule has 1 aromatic carbocycles. The van der Waals surface area contributed by atoms with Crippen molar-refractivity contribution in [3.8, 4) is 0 Å². The number of nitrogens with zero attached hydrogens (tertiary/aromatic N) is 2. The zero-order valence-electron chi connectivity index (χ0n) is 16.2. The van der Waals surface area contributed by atoms with Gasteiger partial charge in [0.1, 0.15) is 0 Å². The highest BCUT2D eigenvalue weighted by Gasteiger charge is 2.34. The second kappa shape index (κ2) is 9.47. The first-order valence-corrected chi connectivity index (χ1v) is 10.4. The van der Waals surface area contributed by atoms with Crippen molar-refractivity contribution >= 4 is 35.0 Å². The zero-order valence-corrected chi connectivity index (χ0v) is 17.0. The number of carbonyl (C=O) groups is 4. The minimum atomic E-state index is -0.321. The van der Waals surface area contributed by atoms with Crippen LogP contribution in [0, 0.1) is 0 Å². The second-order valence-electron chi connectivity index (χ2n) is 6.68. The third-order valence-corrected chi connectivity index (χ3v) is 5.64. The molecule has 4 amide bonds. The van der Waals surface area contributed by atoms with Crippen LogP contribution in [0.5, 0.6) is 0 Å². The highest BCUT2D eigenvalue weighted by Crippen LogP contribution is 2.22. The summed E-state index contributed by atoms with van der Waals surface area (Å²) >= 11 is 1.56. The number of benzene rings is 1. The van der Waals surface area contributed by atoms with Crippen LogP contribution < -0.4 is 5.32 Å². The highest BCUT2D eigenvalue weighted by molar-refractivity contribution is 7.09. The first kappa shape index (κ1) is 20.7. The van der Waals surface area contributed by atoms with Crippen molar-refractivity contribution in [2.45, 2.75) is 26.3 Å². The molecule has 0 bridgehead atoms. The molecule has 1 aliphatic rings. The van der Waals surface area contributed by atoms with Gasteiger partial charge in [-0.15, -0.1) is 11.3 Å². The van der Waals surface area contributed by atoms with Crippen LogP contribution in [0.2, 0.25) is 0 Å². The van der Waals surface area contributed by atoms with Gasteiger partial charge in [-0.2, -0.15) is 0 Å². The van der Waals surface area contributed by atoms with Crippen molar-refractivity contribution in [3.63, 3.8) is 0 Å². The largest absolute Gasteiger partial charge is 0.350 e. The maximum Gasteiger partial charge on any atom is 0.261 e. The van der Waals surface area contributed by atoms with Crippen molar-refractivity contribution in [1.82, 2.24) is 15.1 Å². The summed E-state index contributed by atoms with van der Waals surface area (Å²) in [6, 6.07) is 10.6. The minimum Gasteiger partial charge on any atom is -0.350 e. The SMILES string of the molecule is CCN(CC(=O)NCc1cccs1)C(=O)CCCN1C(=O)c2ccccc2C1=O. The van der Waals surface area contributed by atoms with Crippen LogP contribution in [-0.2, 0) is 16.1 Å². The lowest BCUT2D eigenvalue weighted by molar-refractivity contribution is -0.136. The van der Waals surface area contributed by atoms with Crippen molar-refractivity contribution < 1.29 is 19.2 Å². The molecule has 0 fully saturated rings. The highest BCUT2D eigenvalue weighted by atomic mass is 32.1. The fourth-order valence-corrected chi connectivity index (χ4v) is 3.84. The summed E-state index contributed by atoms with van der Waals surface area (Å²) in [6.45, 7) is 2.85. The molecule has 3 rings (SSSR count). The molecule has 2 heterocycles. The van der Waals surface area contributed by atoms with E-state index in [0.29, 0.717) is 30.6 Å². The first-order valence-electron chi connectivity index (χ1n) is 9.53. The van der Waals surface area contributed by atoms with Crippen LogP contribution in [0.1, 0.15) is 45.4 Å². The molecular weight excluding hydrogens is 390 g/mol. The van der Waals surface area contributed by atoms with Gasteiger partial charge in [0.2, 0.25) is 11.8 Å². The number of rotatable bonds is 9.